The van der Waals surface area contributed by atoms with Crippen molar-refractivity contribution in [3.8, 4) is 0 Å². The molecule has 0 spiro atoms. The van der Waals surface area contributed by atoms with E-state index in [1.165, 1.54) is 0 Å². The number of fused-ring (bicyclic) bond motifs is 1. The van der Waals surface area contributed by atoms with Gasteiger partial charge in [0.25, 0.3) is 11.7 Å². The molecule has 1 amide bonds. The van der Waals surface area contributed by atoms with Crippen molar-refractivity contribution < 1.29 is 4.79 Å². The van der Waals surface area contributed by atoms with E-state index in [1.807, 2.05) is 28.8 Å². The van der Waals surface area contributed by atoms with Gasteiger partial charge >= 0.3 is 0 Å². The molecule has 0 saturated carbocycles. The third kappa shape index (κ3) is 2.25. The van der Waals surface area contributed by atoms with Gasteiger partial charge in [-0.2, -0.15) is 5.21 Å². The number of aromatic nitrogens is 7. The first-order valence-corrected chi connectivity index (χ1v) is 5.65. The predicted octanol–water partition coefficient (Wildman–Crippen LogP) is -0.785. The highest BCUT2D eigenvalue weighted by atomic mass is 16.2. The van der Waals surface area contributed by atoms with Gasteiger partial charge in [0.15, 0.2) is 5.65 Å². The third-order valence-electron chi connectivity index (χ3n) is 2.57. The Hall–Kier alpha value is -2.84. The monoisotopic (exact) mass is 258 g/mol. The summed E-state index contributed by atoms with van der Waals surface area (Å²) in [4.78, 5) is 11.6. The molecule has 3 aromatic heterocycles. The van der Waals surface area contributed by atoms with Crippen LogP contribution in [0, 0.1) is 0 Å². The minimum absolute atomic E-state index is 0.0195. The van der Waals surface area contributed by atoms with E-state index in [9.17, 15) is 4.79 Å². The molecule has 0 aliphatic carbocycles. The topological polar surface area (TPSA) is 114 Å². The lowest BCUT2D eigenvalue weighted by atomic mass is 10.4. The molecule has 0 unspecified atom stereocenters. The first-order valence-electron chi connectivity index (χ1n) is 5.65. The molecule has 0 fully saturated rings. The number of aromatic amines is 1. The largest absolute Gasteiger partial charge is 0.349 e. The molecule has 0 bridgehead atoms. The molecule has 0 saturated heterocycles. The van der Waals surface area contributed by atoms with Gasteiger partial charge in [0.2, 0.25) is 0 Å². The number of tetrazole rings is 1. The molecule has 0 aliphatic heterocycles. The summed E-state index contributed by atoms with van der Waals surface area (Å²) < 4.78 is 1.88. The number of carbonyl (C=O) groups excluding carboxylic acids is 1. The average molecular weight is 258 g/mol. The first kappa shape index (κ1) is 11.3. The van der Waals surface area contributed by atoms with E-state index in [2.05, 4.69) is 36.1 Å². The Morgan fingerprint density at radius 1 is 1.32 bits per heavy atom. The van der Waals surface area contributed by atoms with Gasteiger partial charge in [-0.3, -0.25) is 9.20 Å². The minimum atomic E-state index is -0.373. The molecule has 3 rings (SSSR count). The number of nitrogens with one attached hydrogen (secondary N) is 2. The van der Waals surface area contributed by atoms with Gasteiger partial charge in [-0.25, -0.2) is 0 Å². The molecule has 2 N–H and O–H groups in total. The molecule has 19 heavy (non-hydrogen) atoms. The van der Waals surface area contributed by atoms with Gasteiger partial charge in [-0.05, 0) is 17.3 Å². The maximum Gasteiger partial charge on any atom is 0.292 e. The van der Waals surface area contributed by atoms with Crippen LogP contribution in [0.3, 0.4) is 0 Å². The highest BCUT2D eigenvalue weighted by Gasteiger charge is 2.10. The Morgan fingerprint density at radius 3 is 3.11 bits per heavy atom. The van der Waals surface area contributed by atoms with Crippen LogP contribution in [0.2, 0.25) is 0 Å². The molecular formula is C10H10N8O. The van der Waals surface area contributed by atoms with E-state index in [-0.39, 0.29) is 11.7 Å². The Kier molecular flexibility index (Phi) is 2.85. The molecule has 3 aromatic rings. The summed E-state index contributed by atoms with van der Waals surface area (Å²) in [5.41, 5.74) is 0.780. The van der Waals surface area contributed by atoms with Gasteiger partial charge < -0.3 is 5.32 Å². The van der Waals surface area contributed by atoms with Crippen LogP contribution in [0.4, 0.5) is 0 Å². The minimum Gasteiger partial charge on any atom is -0.349 e. The summed E-state index contributed by atoms with van der Waals surface area (Å²) in [5.74, 6) is 0.428. The van der Waals surface area contributed by atoms with E-state index >= 15 is 0 Å². The van der Waals surface area contributed by atoms with Gasteiger partial charge in [0, 0.05) is 19.2 Å². The predicted molar refractivity (Wildman–Crippen MR) is 63.2 cm³/mol. The van der Waals surface area contributed by atoms with Crippen LogP contribution in [0.1, 0.15) is 16.4 Å². The SMILES string of the molecule is O=C(NCCc1nnc2ccccn12)c1nn[nH]n1. The van der Waals surface area contributed by atoms with E-state index in [4.69, 9.17) is 0 Å². The first-order chi connectivity index (χ1) is 9.34. The molecule has 0 aliphatic rings. The number of H-pyrrole nitrogens is 1. The fraction of sp³-hybridized carbons (Fsp3) is 0.200. The normalized spacial score (nSPS) is 10.7. The van der Waals surface area contributed by atoms with Crippen molar-refractivity contribution in [3.63, 3.8) is 0 Å². The van der Waals surface area contributed by atoms with Crippen molar-refractivity contribution in [2.75, 3.05) is 6.54 Å². The van der Waals surface area contributed by atoms with Crippen molar-refractivity contribution >= 4 is 11.6 Å². The van der Waals surface area contributed by atoms with Gasteiger partial charge in [-0.1, -0.05) is 6.07 Å². The van der Waals surface area contributed by atoms with E-state index in [0.29, 0.717) is 13.0 Å². The summed E-state index contributed by atoms with van der Waals surface area (Å²) in [6, 6.07) is 5.66. The Labute approximate surface area is 107 Å². The highest BCUT2D eigenvalue weighted by Crippen LogP contribution is 2.02. The zero-order valence-electron chi connectivity index (χ0n) is 9.82. The van der Waals surface area contributed by atoms with Gasteiger partial charge in [0.05, 0.1) is 0 Å². The van der Waals surface area contributed by atoms with Crippen LogP contribution in [-0.2, 0) is 6.42 Å². The lowest BCUT2D eigenvalue weighted by Crippen LogP contribution is -2.27. The number of hydrogen-bond donors (Lipinski definition) is 2. The zero-order chi connectivity index (χ0) is 13.1. The fourth-order valence-corrected chi connectivity index (χ4v) is 1.69. The molecule has 0 aromatic carbocycles. The van der Waals surface area contributed by atoms with Crippen molar-refractivity contribution in [3.05, 3.63) is 36.0 Å². The fourth-order valence-electron chi connectivity index (χ4n) is 1.69. The summed E-state index contributed by atoms with van der Waals surface area (Å²) >= 11 is 0. The van der Waals surface area contributed by atoms with Crippen molar-refractivity contribution in [1.29, 1.82) is 0 Å². The number of hydrogen-bond acceptors (Lipinski definition) is 6. The standard InChI is InChI=1S/C10H10N8O/c19-10(9-14-16-17-15-9)11-5-4-8-13-12-7-3-1-2-6-18(7)8/h1-3,6H,4-5H2,(H,11,19)(H,14,15,16,17). The van der Waals surface area contributed by atoms with Crippen LogP contribution in [0.5, 0.6) is 0 Å². The van der Waals surface area contributed by atoms with Gasteiger partial charge in [0.1, 0.15) is 5.82 Å². The van der Waals surface area contributed by atoms with Crippen molar-refractivity contribution in [2.24, 2.45) is 0 Å². The van der Waals surface area contributed by atoms with Crippen LogP contribution in [0.15, 0.2) is 24.4 Å². The Morgan fingerprint density at radius 2 is 2.26 bits per heavy atom. The zero-order valence-corrected chi connectivity index (χ0v) is 9.82. The Balaban J connectivity index is 1.62. The van der Waals surface area contributed by atoms with Crippen molar-refractivity contribution in [2.45, 2.75) is 6.42 Å². The van der Waals surface area contributed by atoms with Crippen LogP contribution >= 0.6 is 0 Å². The smallest absolute Gasteiger partial charge is 0.292 e. The third-order valence-corrected chi connectivity index (χ3v) is 2.57. The summed E-state index contributed by atoms with van der Waals surface area (Å²) in [7, 11) is 0. The quantitative estimate of drug-likeness (QED) is 0.634. The summed E-state index contributed by atoms with van der Waals surface area (Å²) in [6.07, 6.45) is 2.44. The second-order valence-corrected chi connectivity index (χ2v) is 3.79. The van der Waals surface area contributed by atoms with Crippen molar-refractivity contribution in [1.82, 2.24) is 40.5 Å². The maximum absolute atomic E-state index is 11.6. The number of carbonyl (C=O) groups is 1. The highest BCUT2D eigenvalue weighted by molar-refractivity contribution is 5.89. The average Bonchev–Trinajstić information content (AvgIpc) is 3.08. The number of amides is 1. The van der Waals surface area contributed by atoms with E-state index < -0.39 is 0 Å². The Bertz CT molecular complexity index is 688. The maximum atomic E-state index is 11.6. The lowest BCUT2D eigenvalue weighted by molar-refractivity contribution is 0.0943. The molecule has 3 heterocycles. The van der Waals surface area contributed by atoms with E-state index in [1.54, 1.807) is 0 Å². The lowest BCUT2D eigenvalue weighted by Gasteiger charge is -2.01. The number of nitrogens with zero attached hydrogens (tertiary/aromatic N) is 6. The van der Waals surface area contributed by atoms with E-state index in [0.717, 1.165) is 11.5 Å². The van der Waals surface area contributed by atoms with Crippen LogP contribution in [0.25, 0.3) is 5.65 Å². The summed E-state index contributed by atoms with van der Waals surface area (Å²) in [6.45, 7) is 0.420. The number of rotatable bonds is 4. The molecule has 96 valence electrons. The molecular weight excluding hydrogens is 248 g/mol. The molecule has 9 nitrogen and oxygen atoms in total. The summed E-state index contributed by atoms with van der Waals surface area (Å²) in [5, 5.41) is 23.5. The second-order valence-electron chi connectivity index (χ2n) is 3.79. The van der Waals surface area contributed by atoms with Gasteiger partial charge in [-0.15, -0.1) is 20.4 Å². The molecule has 0 radical (unpaired) electrons. The second kappa shape index (κ2) is 4.80. The molecule has 0 atom stereocenters. The van der Waals surface area contributed by atoms with Crippen LogP contribution < -0.4 is 5.32 Å². The molecule has 9 heteroatoms. The number of pyridine rings is 1. The van der Waals surface area contributed by atoms with Crippen LogP contribution in [-0.4, -0.2) is 47.7 Å².